The fraction of sp³-hybridized carbons (Fsp3) is 0.111. The summed E-state index contributed by atoms with van der Waals surface area (Å²) in [5, 5.41) is 8.47. The van der Waals surface area contributed by atoms with Gasteiger partial charge < -0.3 is 5.11 Å². The Kier molecular flexibility index (Phi) is 3.44. The van der Waals surface area contributed by atoms with Gasteiger partial charge in [-0.15, -0.1) is 0 Å². The largest absolute Gasteiger partial charge is 0.392 e. The summed E-state index contributed by atoms with van der Waals surface area (Å²) in [5.41, 5.74) is 0.471. The van der Waals surface area contributed by atoms with Gasteiger partial charge in [-0.3, -0.25) is 0 Å². The third-order valence-electron chi connectivity index (χ3n) is 1.36. The fourth-order valence-electron chi connectivity index (χ4n) is 0.822. The number of benzene rings is 1. The molecule has 0 bridgehead atoms. The van der Waals surface area contributed by atoms with E-state index in [2.05, 4.69) is 15.9 Å². The molecule has 0 spiro atoms. The van der Waals surface area contributed by atoms with E-state index < -0.39 is 0 Å². The molecule has 0 aliphatic rings. The van der Waals surface area contributed by atoms with E-state index in [1.807, 2.05) is 0 Å². The Bertz CT molecular complexity index is 297. The molecule has 0 amide bonds. The Morgan fingerprint density at radius 1 is 1.50 bits per heavy atom. The second kappa shape index (κ2) is 4.38. The first-order valence-corrected chi connectivity index (χ1v) is 4.26. The van der Waals surface area contributed by atoms with Crippen LogP contribution in [0.25, 0.3) is 6.08 Å². The number of aliphatic hydroxyl groups is 1. The summed E-state index contributed by atoms with van der Waals surface area (Å²) in [7, 11) is 0. The predicted octanol–water partition coefficient (Wildman–Crippen LogP) is 2.59. The highest BCUT2D eigenvalue weighted by molar-refractivity contribution is 9.10. The van der Waals surface area contributed by atoms with Crippen LogP contribution in [-0.4, -0.2) is 11.7 Å². The van der Waals surface area contributed by atoms with Crippen LogP contribution in [0.4, 0.5) is 4.39 Å². The number of hydrogen-bond donors (Lipinski definition) is 1. The maximum atomic E-state index is 12.9. The normalized spacial score (nSPS) is 10.9. The fourth-order valence-corrected chi connectivity index (χ4v) is 1.20. The van der Waals surface area contributed by atoms with Crippen molar-refractivity contribution in [1.82, 2.24) is 0 Å². The van der Waals surface area contributed by atoms with Gasteiger partial charge in [-0.1, -0.05) is 28.1 Å². The summed E-state index contributed by atoms with van der Waals surface area (Å²) in [6.45, 7) is -0.0774. The Hall–Kier alpha value is -0.670. The van der Waals surface area contributed by atoms with Crippen molar-refractivity contribution in [2.24, 2.45) is 0 Å². The lowest BCUT2D eigenvalue weighted by atomic mass is 10.2. The minimum atomic E-state index is -0.289. The summed E-state index contributed by atoms with van der Waals surface area (Å²) in [4.78, 5) is 0. The second-order valence-electron chi connectivity index (χ2n) is 2.25. The van der Waals surface area contributed by atoms with Crippen LogP contribution in [0.15, 0.2) is 28.7 Å². The Balaban J connectivity index is 2.97. The first kappa shape index (κ1) is 9.42. The molecular weight excluding hydrogens is 223 g/mol. The highest BCUT2D eigenvalue weighted by atomic mass is 79.9. The molecule has 0 saturated carbocycles. The maximum Gasteiger partial charge on any atom is 0.130 e. The lowest BCUT2D eigenvalue weighted by Gasteiger charge is -1.96. The van der Waals surface area contributed by atoms with E-state index in [9.17, 15) is 4.39 Å². The van der Waals surface area contributed by atoms with Crippen LogP contribution >= 0.6 is 15.9 Å². The third kappa shape index (κ3) is 2.43. The predicted molar refractivity (Wildman–Crippen MR) is 50.2 cm³/mol. The minimum absolute atomic E-state index is 0.0774. The molecule has 1 aromatic carbocycles. The molecule has 0 aromatic heterocycles. The molecule has 64 valence electrons. The van der Waals surface area contributed by atoms with Crippen molar-refractivity contribution in [3.05, 3.63) is 40.1 Å². The van der Waals surface area contributed by atoms with Crippen LogP contribution in [0.3, 0.4) is 0 Å². The van der Waals surface area contributed by atoms with Gasteiger partial charge in [0.25, 0.3) is 0 Å². The topological polar surface area (TPSA) is 20.2 Å². The van der Waals surface area contributed by atoms with Gasteiger partial charge in [0, 0.05) is 10.0 Å². The molecule has 1 nitrogen and oxygen atoms in total. The van der Waals surface area contributed by atoms with Gasteiger partial charge in [-0.25, -0.2) is 4.39 Å². The lowest BCUT2D eigenvalue weighted by Crippen LogP contribution is -1.81. The zero-order valence-electron chi connectivity index (χ0n) is 6.30. The van der Waals surface area contributed by atoms with E-state index in [1.54, 1.807) is 18.2 Å². The van der Waals surface area contributed by atoms with Crippen LogP contribution in [0.5, 0.6) is 0 Å². The molecule has 1 aromatic rings. The molecule has 0 saturated heterocycles. The number of hydrogen-bond acceptors (Lipinski definition) is 1. The van der Waals surface area contributed by atoms with Crippen molar-refractivity contribution in [3.63, 3.8) is 0 Å². The molecule has 0 unspecified atom stereocenters. The van der Waals surface area contributed by atoms with Crippen molar-refractivity contribution in [2.45, 2.75) is 0 Å². The van der Waals surface area contributed by atoms with E-state index in [1.165, 1.54) is 12.1 Å². The zero-order chi connectivity index (χ0) is 8.97. The average Bonchev–Trinajstić information content (AvgIpc) is 2.07. The minimum Gasteiger partial charge on any atom is -0.392 e. The molecule has 0 atom stereocenters. The lowest BCUT2D eigenvalue weighted by molar-refractivity contribution is 0.343. The van der Waals surface area contributed by atoms with E-state index in [4.69, 9.17) is 5.11 Å². The van der Waals surface area contributed by atoms with Gasteiger partial charge in [0.1, 0.15) is 5.82 Å². The quantitative estimate of drug-likeness (QED) is 0.829. The van der Waals surface area contributed by atoms with Crippen molar-refractivity contribution in [1.29, 1.82) is 0 Å². The summed E-state index contributed by atoms with van der Waals surface area (Å²) in [6.07, 6.45) is 3.03. The molecule has 0 aliphatic heterocycles. The van der Waals surface area contributed by atoms with E-state index in [-0.39, 0.29) is 12.4 Å². The van der Waals surface area contributed by atoms with Crippen molar-refractivity contribution < 1.29 is 9.50 Å². The SMILES string of the molecule is OC/C=C/c1cc(Br)ccc1F. The van der Waals surface area contributed by atoms with Crippen molar-refractivity contribution >= 4 is 22.0 Å². The summed E-state index contributed by atoms with van der Waals surface area (Å²) in [6, 6.07) is 4.66. The molecule has 3 heteroatoms. The molecule has 0 heterocycles. The first-order valence-electron chi connectivity index (χ1n) is 3.46. The second-order valence-corrected chi connectivity index (χ2v) is 3.17. The van der Waals surface area contributed by atoms with Gasteiger partial charge in [0.15, 0.2) is 0 Å². The Morgan fingerprint density at radius 2 is 2.25 bits per heavy atom. The number of halogens is 2. The number of aliphatic hydroxyl groups excluding tert-OH is 1. The molecule has 1 N–H and O–H groups in total. The summed E-state index contributed by atoms with van der Waals surface area (Å²) >= 11 is 3.23. The van der Waals surface area contributed by atoms with Crippen molar-refractivity contribution in [2.75, 3.05) is 6.61 Å². The molecular formula is C9H8BrFO. The molecule has 1 rings (SSSR count). The Morgan fingerprint density at radius 3 is 2.92 bits per heavy atom. The van der Waals surface area contributed by atoms with Gasteiger partial charge in [0.2, 0.25) is 0 Å². The van der Waals surface area contributed by atoms with E-state index in [0.29, 0.717) is 5.56 Å². The van der Waals surface area contributed by atoms with Crippen LogP contribution in [0, 0.1) is 5.82 Å². The van der Waals surface area contributed by atoms with Gasteiger partial charge >= 0.3 is 0 Å². The smallest absolute Gasteiger partial charge is 0.130 e. The Labute approximate surface area is 78.7 Å². The average molecular weight is 231 g/mol. The highest BCUT2D eigenvalue weighted by Crippen LogP contribution is 2.16. The molecule has 0 radical (unpaired) electrons. The summed E-state index contributed by atoms with van der Waals surface area (Å²) < 4.78 is 13.8. The van der Waals surface area contributed by atoms with E-state index >= 15 is 0 Å². The van der Waals surface area contributed by atoms with Gasteiger partial charge in [-0.2, -0.15) is 0 Å². The van der Waals surface area contributed by atoms with Gasteiger partial charge in [0.05, 0.1) is 6.61 Å². The summed E-state index contributed by atoms with van der Waals surface area (Å²) in [5.74, 6) is -0.289. The number of rotatable bonds is 2. The zero-order valence-corrected chi connectivity index (χ0v) is 7.88. The first-order chi connectivity index (χ1) is 5.74. The van der Waals surface area contributed by atoms with Crippen molar-refractivity contribution in [3.8, 4) is 0 Å². The van der Waals surface area contributed by atoms with Crippen LogP contribution in [0.2, 0.25) is 0 Å². The van der Waals surface area contributed by atoms with Crippen LogP contribution in [0.1, 0.15) is 5.56 Å². The molecule has 12 heavy (non-hydrogen) atoms. The van der Waals surface area contributed by atoms with Crippen LogP contribution < -0.4 is 0 Å². The molecule has 0 aliphatic carbocycles. The highest BCUT2D eigenvalue weighted by Gasteiger charge is 1.97. The third-order valence-corrected chi connectivity index (χ3v) is 1.85. The van der Waals surface area contributed by atoms with Gasteiger partial charge in [-0.05, 0) is 18.2 Å². The standard InChI is InChI=1S/C9H8BrFO/c10-8-3-4-9(11)7(6-8)2-1-5-12/h1-4,6,12H,5H2/b2-1+. The monoisotopic (exact) mass is 230 g/mol. The van der Waals surface area contributed by atoms with E-state index in [0.717, 1.165) is 4.47 Å². The van der Waals surface area contributed by atoms with Crippen LogP contribution in [-0.2, 0) is 0 Å². The molecule has 0 fully saturated rings. The maximum absolute atomic E-state index is 12.9.